The van der Waals surface area contributed by atoms with E-state index in [-0.39, 0.29) is 5.91 Å². The largest absolute Gasteiger partial charge is 0.331 e. The van der Waals surface area contributed by atoms with Gasteiger partial charge in [0.1, 0.15) is 11.4 Å². The molecule has 0 saturated carbocycles. The van der Waals surface area contributed by atoms with Crippen LogP contribution in [0.5, 0.6) is 0 Å². The SMILES string of the molecule is Cc1cc(C(=O)N(CCCN2CCN(C)CC2)Cc2nn(C)cc2Cl)n(C)n1. The van der Waals surface area contributed by atoms with Crippen LogP contribution in [0.25, 0.3) is 0 Å². The minimum absolute atomic E-state index is 0.0387. The predicted octanol–water partition coefficient (Wildman–Crippen LogP) is 1.40. The van der Waals surface area contributed by atoms with Crippen molar-refractivity contribution in [1.29, 1.82) is 0 Å². The maximum absolute atomic E-state index is 13.2. The van der Waals surface area contributed by atoms with Crippen molar-refractivity contribution in [2.45, 2.75) is 19.9 Å². The van der Waals surface area contributed by atoms with Crippen molar-refractivity contribution >= 4 is 17.5 Å². The molecule has 2 aromatic rings. The van der Waals surface area contributed by atoms with Crippen molar-refractivity contribution < 1.29 is 4.79 Å². The van der Waals surface area contributed by atoms with Crippen LogP contribution in [-0.2, 0) is 20.6 Å². The summed E-state index contributed by atoms with van der Waals surface area (Å²) in [6, 6.07) is 1.83. The van der Waals surface area contributed by atoms with Gasteiger partial charge in [0.05, 0.1) is 17.3 Å². The predicted molar refractivity (Wildman–Crippen MR) is 109 cm³/mol. The molecule has 9 heteroatoms. The van der Waals surface area contributed by atoms with Gasteiger partial charge in [0.2, 0.25) is 0 Å². The first-order valence-corrected chi connectivity index (χ1v) is 10.1. The highest BCUT2D eigenvalue weighted by atomic mass is 35.5. The second kappa shape index (κ2) is 9.07. The zero-order valence-corrected chi connectivity index (χ0v) is 18.0. The number of nitrogens with zero attached hydrogens (tertiary/aromatic N) is 7. The summed E-state index contributed by atoms with van der Waals surface area (Å²) in [6.07, 6.45) is 2.68. The molecule has 1 fully saturated rings. The van der Waals surface area contributed by atoms with Crippen molar-refractivity contribution in [3.05, 3.63) is 34.4 Å². The molecule has 1 saturated heterocycles. The Bertz CT molecular complexity index is 807. The Kier molecular flexibility index (Phi) is 6.74. The Labute approximate surface area is 171 Å². The Morgan fingerprint density at radius 2 is 1.89 bits per heavy atom. The summed E-state index contributed by atoms with van der Waals surface area (Å²) in [7, 11) is 5.79. The van der Waals surface area contributed by atoms with Crippen LogP contribution < -0.4 is 0 Å². The molecule has 1 aliphatic rings. The molecule has 8 nitrogen and oxygen atoms in total. The molecule has 0 radical (unpaired) electrons. The number of hydrogen-bond donors (Lipinski definition) is 0. The molecule has 3 heterocycles. The molecule has 0 spiro atoms. The first-order chi connectivity index (χ1) is 13.3. The summed E-state index contributed by atoms with van der Waals surface area (Å²) in [4.78, 5) is 19.8. The van der Waals surface area contributed by atoms with E-state index in [0.29, 0.717) is 23.8 Å². The summed E-state index contributed by atoms with van der Waals surface area (Å²) < 4.78 is 3.32. The second-order valence-corrected chi connectivity index (χ2v) is 8.02. The van der Waals surface area contributed by atoms with Gasteiger partial charge in [-0.15, -0.1) is 0 Å². The monoisotopic (exact) mass is 407 g/mol. The van der Waals surface area contributed by atoms with Crippen molar-refractivity contribution in [2.24, 2.45) is 14.1 Å². The molecule has 1 aliphatic heterocycles. The van der Waals surface area contributed by atoms with Crippen LogP contribution in [-0.4, -0.2) is 86.5 Å². The molecule has 0 unspecified atom stereocenters. The standard InChI is InChI=1S/C19H30ClN7O/c1-15-12-18(25(4)21-15)19(28)27(14-17-16(20)13-24(3)22-17)7-5-6-26-10-8-23(2)9-11-26/h12-13H,5-11,14H2,1-4H3. The highest BCUT2D eigenvalue weighted by molar-refractivity contribution is 6.31. The van der Waals surface area contributed by atoms with Crippen LogP contribution in [0.4, 0.5) is 0 Å². The van der Waals surface area contributed by atoms with E-state index in [1.54, 1.807) is 22.6 Å². The van der Waals surface area contributed by atoms with Crippen LogP contribution >= 0.6 is 11.6 Å². The lowest BCUT2D eigenvalue weighted by Crippen LogP contribution is -2.45. The molecule has 0 aromatic carbocycles. The number of rotatable bonds is 7. The molecule has 0 aliphatic carbocycles. The van der Waals surface area contributed by atoms with E-state index in [1.165, 1.54) is 0 Å². The van der Waals surface area contributed by atoms with E-state index in [4.69, 9.17) is 11.6 Å². The van der Waals surface area contributed by atoms with Gasteiger partial charge in [-0.25, -0.2) is 0 Å². The lowest BCUT2D eigenvalue weighted by atomic mass is 10.2. The third kappa shape index (κ3) is 5.12. The van der Waals surface area contributed by atoms with Crippen LogP contribution in [0.3, 0.4) is 0 Å². The van der Waals surface area contributed by atoms with Crippen LogP contribution in [0.1, 0.15) is 28.3 Å². The Morgan fingerprint density at radius 1 is 1.18 bits per heavy atom. The van der Waals surface area contributed by atoms with E-state index in [0.717, 1.165) is 50.5 Å². The maximum Gasteiger partial charge on any atom is 0.272 e. The van der Waals surface area contributed by atoms with Crippen LogP contribution in [0.2, 0.25) is 5.02 Å². The van der Waals surface area contributed by atoms with Gasteiger partial charge >= 0.3 is 0 Å². The summed E-state index contributed by atoms with van der Waals surface area (Å²) in [6.45, 7) is 8.28. The number of halogens is 1. The molecule has 1 amide bonds. The highest BCUT2D eigenvalue weighted by Crippen LogP contribution is 2.18. The smallest absolute Gasteiger partial charge is 0.272 e. The number of aryl methyl sites for hydroxylation is 3. The summed E-state index contributed by atoms with van der Waals surface area (Å²) in [5, 5.41) is 9.31. The quantitative estimate of drug-likeness (QED) is 0.694. The average Bonchev–Trinajstić information content (AvgIpc) is 3.15. The van der Waals surface area contributed by atoms with Gasteiger partial charge in [0.15, 0.2) is 0 Å². The third-order valence-electron chi connectivity index (χ3n) is 5.20. The fraction of sp³-hybridized carbons (Fsp3) is 0.632. The summed E-state index contributed by atoms with van der Waals surface area (Å²) in [5.74, 6) is -0.0387. The summed E-state index contributed by atoms with van der Waals surface area (Å²) in [5.41, 5.74) is 2.14. The second-order valence-electron chi connectivity index (χ2n) is 7.62. The lowest BCUT2D eigenvalue weighted by molar-refractivity contribution is 0.0715. The normalized spacial score (nSPS) is 15.9. The fourth-order valence-corrected chi connectivity index (χ4v) is 3.81. The van der Waals surface area contributed by atoms with Gasteiger partial charge in [-0.05, 0) is 33.0 Å². The zero-order valence-electron chi connectivity index (χ0n) is 17.2. The molecule has 0 atom stereocenters. The number of piperazine rings is 1. The van der Waals surface area contributed by atoms with E-state index in [1.807, 2.05) is 24.9 Å². The number of carbonyl (C=O) groups is 1. The lowest BCUT2D eigenvalue weighted by Gasteiger charge is -2.33. The first-order valence-electron chi connectivity index (χ1n) is 9.72. The number of hydrogen-bond acceptors (Lipinski definition) is 5. The van der Waals surface area contributed by atoms with Gasteiger partial charge in [-0.2, -0.15) is 10.2 Å². The van der Waals surface area contributed by atoms with Gasteiger partial charge in [-0.3, -0.25) is 14.2 Å². The van der Waals surface area contributed by atoms with E-state index in [2.05, 4.69) is 27.0 Å². The molecule has 3 rings (SSSR count). The van der Waals surface area contributed by atoms with Gasteiger partial charge < -0.3 is 14.7 Å². The first kappa shape index (κ1) is 20.8. The van der Waals surface area contributed by atoms with Crippen molar-refractivity contribution in [2.75, 3.05) is 46.3 Å². The minimum Gasteiger partial charge on any atom is -0.331 e. The molecule has 0 bridgehead atoms. The molecular formula is C19H30ClN7O. The molecule has 154 valence electrons. The molecule has 2 aromatic heterocycles. The van der Waals surface area contributed by atoms with Crippen LogP contribution in [0.15, 0.2) is 12.3 Å². The number of likely N-dealkylation sites (N-methyl/N-ethyl adjacent to an activating group) is 1. The molecule has 28 heavy (non-hydrogen) atoms. The van der Waals surface area contributed by atoms with Gasteiger partial charge in [0, 0.05) is 53.0 Å². The highest BCUT2D eigenvalue weighted by Gasteiger charge is 2.22. The zero-order chi connectivity index (χ0) is 20.3. The van der Waals surface area contributed by atoms with Crippen molar-refractivity contribution in [3.8, 4) is 0 Å². The number of amides is 1. The maximum atomic E-state index is 13.2. The molecule has 0 N–H and O–H groups in total. The number of aromatic nitrogens is 4. The van der Waals surface area contributed by atoms with E-state index in [9.17, 15) is 4.79 Å². The Hall–Kier alpha value is -1.90. The van der Waals surface area contributed by atoms with Crippen LogP contribution in [0, 0.1) is 6.92 Å². The summed E-state index contributed by atoms with van der Waals surface area (Å²) >= 11 is 6.29. The van der Waals surface area contributed by atoms with E-state index < -0.39 is 0 Å². The van der Waals surface area contributed by atoms with Gasteiger partial charge in [0.25, 0.3) is 5.91 Å². The minimum atomic E-state index is -0.0387. The average molecular weight is 408 g/mol. The topological polar surface area (TPSA) is 62.4 Å². The van der Waals surface area contributed by atoms with Crippen molar-refractivity contribution in [1.82, 2.24) is 34.3 Å². The molecular weight excluding hydrogens is 378 g/mol. The Balaban J connectivity index is 1.68. The fourth-order valence-electron chi connectivity index (χ4n) is 3.58. The van der Waals surface area contributed by atoms with E-state index >= 15 is 0 Å². The third-order valence-corrected chi connectivity index (χ3v) is 5.52. The Morgan fingerprint density at radius 3 is 2.46 bits per heavy atom. The number of carbonyl (C=O) groups excluding carboxylic acids is 1. The van der Waals surface area contributed by atoms with Crippen molar-refractivity contribution in [3.63, 3.8) is 0 Å². The van der Waals surface area contributed by atoms with Gasteiger partial charge in [-0.1, -0.05) is 11.6 Å².